The maximum Gasteiger partial charge on any atom is 0.412 e. The van der Waals surface area contributed by atoms with Gasteiger partial charge in [-0.1, -0.05) is 24.3 Å². The first-order valence-corrected chi connectivity index (χ1v) is 15.6. The first-order chi connectivity index (χ1) is 22.1. The molecule has 0 atom stereocenters. The van der Waals surface area contributed by atoms with Crippen molar-refractivity contribution >= 4 is 35.2 Å². The fourth-order valence-corrected chi connectivity index (χ4v) is 6.10. The molecule has 6 rings (SSSR count). The molecule has 3 aromatic rings. The molecule has 3 aliphatic rings. The number of piperidine rings is 1. The normalized spacial score (nSPS) is 16.8. The summed E-state index contributed by atoms with van der Waals surface area (Å²) in [7, 11) is 0. The van der Waals surface area contributed by atoms with Gasteiger partial charge in [0, 0.05) is 43.3 Å². The number of nitrogens with one attached hydrogen (secondary N) is 4. The molecule has 0 radical (unpaired) electrons. The van der Waals surface area contributed by atoms with Crippen molar-refractivity contribution in [2.75, 3.05) is 50.0 Å². The Bertz CT molecular complexity index is 1630. The molecular weight excluding hydrogens is 590 g/mol. The fraction of sp³-hybridized carbons (Fsp3) is 0.424. The Kier molecular flexibility index (Phi) is 8.78. The van der Waals surface area contributed by atoms with E-state index < -0.39 is 17.7 Å². The van der Waals surface area contributed by atoms with Gasteiger partial charge in [-0.15, -0.1) is 0 Å². The summed E-state index contributed by atoms with van der Waals surface area (Å²) < 4.78 is 10.6. The average Bonchev–Trinajstić information content (AvgIpc) is 3.58. The summed E-state index contributed by atoms with van der Waals surface area (Å²) in [5, 5.41) is 15.0. The van der Waals surface area contributed by atoms with Gasteiger partial charge in [-0.25, -0.2) is 14.6 Å². The predicted octanol–water partition coefficient (Wildman–Crippen LogP) is 4.29. The van der Waals surface area contributed by atoms with Crippen LogP contribution in [0.2, 0.25) is 0 Å². The number of benzene rings is 2. The van der Waals surface area contributed by atoms with Crippen LogP contribution in [0.1, 0.15) is 66.7 Å². The molecule has 2 saturated heterocycles. The molecule has 2 aliphatic heterocycles. The van der Waals surface area contributed by atoms with Crippen LogP contribution in [0.3, 0.4) is 0 Å². The first-order valence-electron chi connectivity index (χ1n) is 15.6. The molecule has 4 N–H and O–H groups in total. The van der Waals surface area contributed by atoms with Crippen molar-refractivity contribution < 1.29 is 28.7 Å². The number of ketones is 1. The van der Waals surface area contributed by atoms with Crippen molar-refractivity contribution in [2.24, 2.45) is 0 Å². The lowest BCUT2D eigenvalue weighted by molar-refractivity contribution is -0.131. The number of likely N-dealkylation sites (tertiary alicyclic amines) is 1. The number of amides is 4. The van der Waals surface area contributed by atoms with Crippen molar-refractivity contribution in [1.29, 1.82) is 0 Å². The number of urea groups is 1. The Morgan fingerprint density at radius 1 is 0.978 bits per heavy atom. The Morgan fingerprint density at radius 3 is 2.39 bits per heavy atom. The number of rotatable bonds is 6. The SMILES string of the molecule is CC(C)(C)OC(=O)Nc1ccc(CC(=O)N2CCC(c3[nH]nc4c3C(=O)c3c(NC(=O)NN5CCOCC5)cccc3-4)CC2)cc1. The van der Waals surface area contributed by atoms with E-state index in [9.17, 15) is 19.2 Å². The third-order valence-corrected chi connectivity index (χ3v) is 8.30. The molecule has 13 nitrogen and oxygen atoms in total. The summed E-state index contributed by atoms with van der Waals surface area (Å²) >= 11 is 0. The van der Waals surface area contributed by atoms with Crippen LogP contribution in [0.5, 0.6) is 0 Å². The lowest BCUT2D eigenvalue weighted by Crippen LogP contribution is -2.49. The highest BCUT2D eigenvalue weighted by atomic mass is 16.6. The van der Waals surface area contributed by atoms with E-state index in [-0.39, 0.29) is 24.0 Å². The van der Waals surface area contributed by atoms with Crippen molar-refractivity contribution in [3.05, 3.63) is 64.8 Å². The molecule has 46 heavy (non-hydrogen) atoms. The number of hydrogen-bond donors (Lipinski definition) is 4. The van der Waals surface area contributed by atoms with Crippen molar-refractivity contribution in [2.45, 2.75) is 51.6 Å². The minimum atomic E-state index is -0.592. The smallest absolute Gasteiger partial charge is 0.412 e. The first kappa shape index (κ1) is 31.2. The molecule has 0 saturated carbocycles. The number of aromatic nitrogens is 2. The zero-order chi connectivity index (χ0) is 32.4. The summed E-state index contributed by atoms with van der Waals surface area (Å²) in [6.07, 6.45) is 1.10. The molecule has 13 heteroatoms. The van der Waals surface area contributed by atoms with Gasteiger partial charge in [0.25, 0.3) is 0 Å². The highest BCUT2D eigenvalue weighted by molar-refractivity contribution is 6.25. The van der Waals surface area contributed by atoms with Gasteiger partial charge in [0.05, 0.1) is 42.1 Å². The standard InChI is InChI=1S/C33H39N7O6/c1-33(2,3)46-32(44)34-22-9-7-20(8-10-22)19-25(41)39-13-11-21(12-14-39)28-27-29(37-36-28)23-5-4-6-24(26(23)30(27)42)35-31(43)38-40-15-17-45-18-16-40/h4-10,21H,11-19H2,1-3H3,(H,34,44)(H,36,37)(H2,35,38,43). The maximum absolute atomic E-state index is 13.8. The Hall–Kier alpha value is -4.75. The van der Waals surface area contributed by atoms with Crippen LogP contribution in [-0.4, -0.2) is 88.9 Å². The number of fused-ring (bicyclic) bond motifs is 3. The zero-order valence-electron chi connectivity index (χ0n) is 26.3. The van der Waals surface area contributed by atoms with Crippen LogP contribution < -0.4 is 16.1 Å². The monoisotopic (exact) mass is 629 g/mol. The third-order valence-electron chi connectivity index (χ3n) is 8.30. The highest BCUT2D eigenvalue weighted by Crippen LogP contribution is 2.43. The summed E-state index contributed by atoms with van der Waals surface area (Å²) in [6, 6.07) is 12.1. The Labute approximate surface area is 267 Å². The molecular formula is C33H39N7O6. The Morgan fingerprint density at radius 2 is 1.70 bits per heavy atom. The number of nitrogens with zero attached hydrogens (tertiary/aromatic N) is 3. The van der Waals surface area contributed by atoms with Crippen LogP contribution in [-0.2, 0) is 20.7 Å². The van der Waals surface area contributed by atoms with Crippen LogP contribution in [0.25, 0.3) is 11.3 Å². The van der Waals surface area contributed by atoms with E-state index in [0.717, 1.165) is 11.3 Å². The summed E-state index contributed by atoms with van der Waals surface area (Å²) in [4.78, 5) is 53.5. The van der Waals surface area contributed by atoms with Gasteiger partial charge in [-0.3, -0.25) is 25.4 Å². The van der Waals surface area contributed by atoms with E-state index in [4.69, 9.17) is 9.47 Å². The van der Waals surface area contributed by atoms with Gasteiger partial charge < -0.3 is 19.7 Å². The Balaban J connectivity index is 1.05. The van der Waals surface area contributed by atoms with Crippen LogP contribution in [0, 0.1) is 0 Å². The fourth-order valence-electron chi connectivity index (χ4n) is 6.10. The second kappa shape index (κ2) is 12.9. The zero-order valence-corrected chi connectivity index (χ0v) is 26.3. The minimum Gasteiger partial charge on any atom is -0.444 e. The van der Waals surface area contributed by atoms with Gasteiger partial charge in [0.15, 0.2) is 5.78 Å². The lowest BCUT2D eigenvalue weighted by atomic mass is 9.90. The van der Waals surface area contributed by atoms with Crippen LogP contribution in [0.4, 0.5) is 21.0 Å². The van der Waals surface area contributed by atoms with Gasteiger partial charge in [-0.2, -0.15) is 5.10 Å². The number of hydrogen-bond acceptors (Lipinski definition) is 8. The molecule has 3 heterocycles. The third kappa shape index (κ3) is 6.90. The number of hydrazine groups is 1. The van der Waals surface area contributed by atoms with Gasteiger partial charge >= 0.3 is 12.1 Å². The summed E-state index contributed by atoms with van der Waals surface area (Å²) in [5.74, 6) is -0.104. The number of anilines is 2. The van der Waals surface area contributed by atoms with Crippen LogP contribution in [0.15, 0.2) is 42.5 Å². The largest absolute Gasteiger partial charge is 0.444 e. The number of H-pyrrole nitrogens is 1. The molecule has 242 valence electrons. The quantitative estimate of drug-likeness (QED) is 0.246. The number of aromatic amines is 1. The van der Waals surface area contributed by atoms with E-state index in [1.54, 1.807) is 50.0 Å². The second-order valence-corrected chi connectivity index (χ2v) is 12.7. The molecule has 0 bridgehead atoms. The van der Waals surface area contributed by atoms with E-state index >= 15 is 0 Å². The molecule has 1 aromatic heterocycles. The minimum absolute atomic E-state index is 0.0238. The van der Waals surface area contributed by atoms with Gasteiger partial charge in [0.2, 0.25) is 5.91 Å². The summed E-state index contributed by atoms with van der Waals surface area (Å²) in [6.45, 7) is 8.78. The van der Waals surface area contributed by atoms with Gasteiger partial charge in [-0.05, 0) is 57.4 Å². The van der Waals surface area contributed by atoms with Crippen LogP contribution >= 0.6 is 0 Å². The number of ether oxygens (including phenoxy) is 2. The molecule has 0 unspecified atom stereocenters. The van der Waals surface area contributed by atoms with E-state index in [1.807, 2.05) is 23.1 Å². The number of morpholine rings is 1. The highest BCUT2D eigenvalue weighted by Gasteiger charge is 2.38. The topological polar surface area (TPSA) is 158 Å². The molecule has 2 fully saturated rings. The molecule has 4 amide bonds. The van der Waals surface area contributed by atoms with Crippen molar-refractivity contribution in [1.82, 2.24) is 25.5 Å². The molecule has 0 spiro atoms. The second-order valence-electron chi connectivity index (χ2n) is 12.7. The maximum atomic E-state index is 13.8. The van der Waals surface area contributed by atoms with E-state index in [2.05, 4.69) is 26.3 Å². The molecule has 2 aromatic carbocycles. The predicted molar refractivity (Wildman–Crippen MR) is 171 cm³/mol. The van der Waals surface area contributed by atoms with Crippen molar-refractivity contribution in [3.8, 4) is 11.3 Å². The van der Waals surface area contributed by atoms with Crippen molar-refractivity contribution in [3.63, 3.8) is 0 Å². The summed E-state index contributed by atoms with van der Waals surface area (Å²) in [5.41, 5.74) is 7.14. The lowest BCUT2D eigenvalue weighted by Gasteiger charge is -2.32. The van der Waals surface area contributed by atoms with Gasteiger partial charge in [0.1, 0.15) is 11.3 Å². The van der Waals surface area contributed by atoms with E-state index in [0.29, 0.717) is 86.0 Å². The average molecular weight is 630 g/mol. The number of carbonyl (C=O) groups is 4. The molecule has 1 aliphatic carbocycles. The number of carbonyl (C=O) groups excluding carboxylic acids is 4. The van der Waals surface area contributed by atoms with E-state index in [1.165, 1.54) is 0 Å².